The summed E-state index contributed by atoms with van der Waals surface area (Å²) >= 11 is 6.10. The smallest absolute Gasteiger partial charge is 0.373 e. The number of amides is 1. The molecule has 2 atom stereocenters. The third-order valence-corrected chi connectivity index (χ3v) is 5.59. The highest BCUT2D eigenvalue weighted by Gasteiger charge is 2.58. The molecule has 0 saturated carbocycles. The summed E-state index contributed by atoms with van der Waals surface area (Å²) in [5.41, 5.74) is -1.27. The van der Waals surface area contributed by atoms with Crippen molar-refractivity contribution in [3.63, 3.8) is 0 Å². The molecule has 0 spiro atoms. The maximum atomic E-state index is 13.5. The van der Waals surface area contributed by atoms with Crippen LogP contribution in [-0.2, 0) is 31.2 Å². The van der Waals surface area contributed by atoms with E-state index < -0.39 is 28.4 Å². The van der Waals surface area contributed by atoms with E-state index in [0.717, 1.165) is 17.8 Å². The van der Waals surface area contributed by atoms with Crippen molar-refractivity contribution in [2.75, 3.05) is 6.54 Å². The lowest BCUT2D eigenvalue weighted by Crippen LogP contribution is -2.47. The number of carbonyl (C=O) groups is 2. The summed E-state index contributed by atoms with van der Waals surface area (Å²) in [5.74, 6) is -1.44. The fourth-order valence-electron chi connectivity index (χ4n) is 2.80. The number of hydrogen-bond acceptors (Lipinski definition) is 7. The van der Waals surface area contributed by atoms with Crippen LogP contribution in [-0.4, -0.2) is 44.0 Å². The highest BCUT2D eigenvalue weighted by Crippen LogP contribution is 2.45. The molecular formula is C15H12FNO5S2. The van der Waals surface area contributed by atoms with Crippen LogP contribution in [0.2, 0.25) is 0 Å². The lowest BCUT2D eigenvalue weighted by Gasteiger charge is -2.27. The molecule has 1 heterocycles. The number of thiocarbonyl (C=S) groups is 1. The van der Waals surface area contributed by atoms with Crippen LogP contribution in [0.5, 0.6) is 0 Å². The van der Waals surface area contributed by atoms with Crippen LogP contribution in [0.1, 0.15) is 18.1 Å². The van der Waals surface area contributed by atoms with Crippen molar-refractivity contribution in [2.45, 2.75) is 24.2 Å². The third kappa shape index (κ3) is 2.80. The highest BCUT2D eigenvalue weighted by atomic mass is 32.2. The monoisotopic (exact) mass is 369 g/mol. The minimum atomic E-state index is -2.01. The summed E-state index contributed by atoms with van der Waals surface area (Å²) in [6.07, 6.45) is 0.245. The summed E-state index contributed by atoms with van der Waals surface area (Å²) < 4.78 is 13.8. The standard InChI is InChI=1S/C14H12FNO3S2.CO2/c1-2-16-12(18)11(21-13(16)20)14(19)9-6-8(15)4-3-7(9)5-10(14)17;2-1-3/h3-4,6,11,19H,2,5H2,1H3;. The van der Waals surface area contributed by atoms with Crippen LogP contribution in [0, 0.1) is 5.82 Å². The molecule has 2 unspecified atom stereocenters. The minimum absolute atomic E-state index is 0.00462. The Labute approximate surface area is 146 Å². The molecule has 1 fully saturated rings. The molecule has 3 rings (SSSR count). The van der Waals surface area contributed by atoms with Crippen LogP contribution in [0.4, 0.5) is 4.39 Å². The van der Waals surface area contributed by atoms with Crippen molar-refractivity contribution in [2.24, 2.45) is 0 Å². The molecule has 1 amide bonds. The normalized spacial score (nSPS) is 25.2. The van der Waals surface area contributed by atoms with E-state index in [1.54, 1.807) is 6.92 Å². The fraction of sp³-hybridized carbons (Fsp3) is 0.333. The molecule has 1 aromatic carbocycles. The molecular weight excluding hydrogens is 357 g/mol. The van der Waals surface area contributed by atoms with Crippen LogP contribution >= 0.6 is 24.0 Å². The van der Waals surface area contributed by atoms with Crippen LogP contribution in [0.3, 0.4) is 0 Å². The summed E-state index contributed by atoms with van der Waals surface area (Å²) in [6, 6.07) is 3.84. The van der Waals surface area contributed by atoms with Gasteiger partial charge in [0.15, 0.2) is 11.4 Å². The van der Waals surface area contributed by atoms with Gasteiger partial charge >= 0.3 is 6.15 Å². The van der Waals surface area contributed by atoms with E-state index in [1.165, 1.54) is 17.0 Å². The summed E-state index contributed by atoms with van der Waals surface area (Å²) in [4.78, 5) is 42.3. The van der Waals surface area contributed by atoms with Gasteiger partial charge in [-0.05, 0) is 30.2 Å². The highest BCUT2D eigenvalue weighted by molar-refractivity contribution is 8.24. The van der Waals surface area contributed by atoms with E-state index >= 15 is 0 Å². The first-order valence-electron chi connectivity index (χ1n) is 6.87. The van der Waals surface area contributed by atoms with Crippen molar-refractivity contribution < 1.29 is 28.7 Å². The van der Waals surface area contributed by atoms with Gasteiger partial charge in [-0.1, -0.05) is 30.0 Å². The predicted octanol–water partition coefficient (Wildman–Crippen LogP) is 0.804. The Morgan fingerprint density at radius 1 is 1.46 bits per heavy atom. The SMILES string of the molecule is CCN1C(=O)C(C2(O)C(=O)Cc3ccc(F)cc32)SC1=S.O=C=O. The number of Topliss-reactive ketones (excluding diaryl/α,β-unsaturated/α-hetero) is 1. The molecule has 2 aliphatic rings. The van der Waals surface area contributed by atoms with Gasteiger partial charge in [-0.2, -0.15) is 9.59 Å². The molecule has 1 aliphatic carbocycles. The number of carbonyl (C=O) groups excluding carboxylic acids is 4. The van der Waals surface area contributed by atoms with Crippen LogP contribution in [0.15, 0.2) is 18.2 Å². The van der Waals surface area contributed by atoms with E-state index in [2.05, 4.69) is 0 Å². The Morgan fingerprint density at radius 2 is 2.08 bits per heavy atom. The zero-order chi connectivity index (χ0) is 18.1. The Balaban J connectivity index is 0.000000647. The first-order valence-corrected chi connectivity index (χ1v) is 8.15. The van der Waals surface area contributed by atoms with E-state index in [-0.39, 0.29) is 18.1 Å². The van der Waals surface area contributed by atoms with Gasteiger partial charge in [0.1, 0.15) is 15.4 Å². The lowest BCUT2D eigenvalue weighted by molar-refractivity contribution is -0.191. The molecule has 24 heavy (non-hydrogen) atoms. The second-order valence-corrected chi connectivity index (χ2v) is 6.84. The van der Waals surface area contributed by atoms with Crippen LogP contribution < -0.4 is 0 Å². The number of nitrogens with zero attached hydrogens (tertiary/aromatic N) is 1. The number of halogens is 1. The number of thioether (sulfide) groups is 1. The second-order valence-electron chi connectivity index (χ2n) is 5.10. The number of ketones is 1. The third-order valence-electron chi connectivity index (χ3n) is 3.88. The van der Waals surface area contributed by atoms with Gasteiger partial charge in [0.25, 0.3) is 0 Å². The number of hydrogen-bond donors (Lipinski definition) is 1. The molecule has 126 valence electrons. The summed E-state index contributed by atoms with van der Waals surface area (Å²) in [6.45, 7) is 2.14. The molecule has 1 aliphatic heterocycles. The molecule has 0 aromatic heterocycles. The lowest BCUT2D eigenvalue weighted by atomic mass is 9.90. The Morgan fingerprint density at radius 3 is 2.62 bits per heavy atom. The summed E-state index contributed by atoms with van der Waals surface area (Å²) in [5, 5.41) is 9.85. The Hall–Kier alpha value is -1.93. The Bertz CT molecular complexity index is 762. The number of fused-ring (bicyclic) bond motifs is 1. The molecule has 1 aromatic rings. The molecule has 1 saturated heterocycles. The first-order chi connectivity index (χ1) is 11.3. The van der Waals surface area contributed by atoms with Gasteiger partial charge in [-0.3, -0.25) is 14.5 Å². The van der Waals surface area contributed by atoms with Gasteiger partial charge in [0.05, 0.1) is 0 Å². The molecule has 1 N–H and O–H groups in total. The zero-order valence-electron chi connectivity index (χ0n) is 12.4. The van der Waals surface area contributed by atoms with Gasteiger partial charge in [-0.25, -0.2) is 4.39 Å². The molecule has 9 heteroatoms. The maximum Gasteiger partial charge on any atom is 0.373 e. The van der Waals surface area contributed by atoms with Crippen molar-refractivity contribution in [3.8, 4) is 0 Å². The maximum absolute atomic E-state index is 13.5. The molecule has 6 nitrogen and oxygen atoms in total. The first kappa shape index (κ1) is 18.4. The fourth-order valence-corrected chi connectivity index (χ4v) is 4.51. The van der Waals surface area contributed by atoms with Crippen LogP contribution in [0.25, 0.3) is 0 Å². The van der Waals surface area contributed by atoms with Gasteiger partial charge in [-0.15, -0.1) is 0 Å². The number of aliphatic hydroxyl groups is 1. The predicted molar refractivity (Wildman–Crippen MR) is 85.4 cm³/mol. The van der Waals surface area contributed by atoms with Gasteiger partial charge in [0.2, 0.25) is 5.91 Å². The van der Waals surface area contributed by atoms with Gasteiger partial charge < -0.3 is 5.11 Å². The number of rotatable bonds is 2. The summed E-state index contributed by atoms with van der Waals surface area (Å²) in [7, 11) is 0. The second kappa shape index (κ2) is 6.90. The van der Waals surface area contributed by atoms with E-state index in [4.69, 9.17) is 21.8 Å². The van der Waals surface area contributed by atoms with E-state index in [9.17, 15) is 19.1 Å². The van der Waals surface area contributed by atoms with Gasteiger partial charge in [0, 0.05) is 13.0 Å². The minimum Gasteiger partial charge on any atom is -0.376 e. The van der Waals surface area contributed by atoms with E-state index in [1.807, 2.05) is 0 Å². The quantitative estimate of drug-likeness (QED) is 0.771. The largest absolute Gasteiger partial charge is 0.376 e. The van der Waals surface area contributed by atoms with Crippen molar-refractivity contribution in [1.29, 1.82) is 0 Å². The number of benzene rings is 1. The average molecular weight is 369 g/mol. The zero-order valence-corrected chi connectivity index (χ0v) is 14.1. The molecule has 0 bridgehead atoms. The Kier molecular flexibility index (Phi) is 5.29. The van der Waals surface area contributed by atoms with Crippen molar-refractivity contribution in [1.82, 2.24) is 4.90 Å². The van der Waals surface area contributed by atoms with Crippen molar-refractivity contribution in [3.05, 3.63) is 35.1 Å². The average Bonchev–Trinajstić information content (AvgIpc) is 2.96. The topological polar surface area (TPSA) is 91.8 Å². The molecule has 0 radical (unpaired) electrons. The van der Waals surface area contributed by atoms with Crippen molar-refractivity contribution >= 4 is 46.1 Å². The van der Waals surface area contributed by atoms with E-state index in [0.29, 0.717) is 16.4 Å².